The number of nitrogens with one attached hydrogen (secondary N) is 2. The molecule has 2 unspecified atom stereocenters. The summed E-state index contributed by atoms with van der Waals surface area (Å²) in [7, 11) is 3.11. The van der Waals surface area contributed by atoms with Crippen molar-refractivity contribution < 1.29 is 19.7 Å². The Morgan fingerprint density at radius 1 is 1.23 bits per heavy atom. The molecule has 0 radical (unpaired) electrons. The summed E-state index contributed by atoms with van der Waals surface area (Å²) < 4.78 is 7.03. The zero-order valence-corrected chi connectivity index (χ0v) is 17.2. The summed E-state index contributed by atoms with van der Waals surface area (Å²) in [5.74, 6) is 0.957. The van der Waals surface area contributed by atoms with Gasteiger partial charge in [-0.2, -0.15) is 0 Å². The highest BCUT2D eigenvalue weighted by Crippen LogP contribution is 2.43. The van der Waals surface area contributed by atoms with E-state index in [2.05, 4.69) is 25.6 Å². The topological polar surface area (TPSA) is 134 Å². The largest absolute Gasteiger partial charge is 0.496 e. The average molecular weight is 430 g/mol. The molecule has 1 saturated heterocycles. The van der Waals surface area contributed by atoms with Crippen molar-refractivity contribution in [3.8, 4) is 5.75 Å². The lowest BCUT2D eigenvalue weighted by Crippen LogP contribution is -2.39. The van der Waals surface area contributed by atoms with Crippen molar-refractivity contribution in [3.05, 3.63) is 42.5 Å². The van der Waals surface area contributed by atoms with Crippen LogP contribution in [0.4, 0.5) is 5.82 Å². The minimum absolute atomic E-state index is 0.340. The van der Waals surface area contributed by atoms with Crippen LogP contribution in [-0.4, -0.2) is 67.3 Å². The molecular formula is C19H22N6O4S. The van der Waals surface area contributed by atoms with Gasteiger partial charge in [-0.3, -0.25) is 9.36 Å². The van der Waals surface area contributed by atoms with Crippen LogP contribution in [0.2, 0.25) is 0 Å². The van der Waals surface area contributed by atoms with Crippen LogP contribution in [-0.2, 0) is 11.3 Å². The monoisotopic (exact) mass is 430 g/mol. The molecule has 4 atom stereocenters. The lowest BCUT2D eigenvalue weighted by Gasteiger charge is -2.17. The summed E-state index contributed by atoms with van der Waals surface area (Å²) >= 11 is 1.17. The molecule has 0 aliphatic carbocycles. The predicted molar refractivity (Wildman–Crippen MR) is 112 cm³/mol. The Bertz CT molecular complexity index is 1060. The summed E-state index contributed by atoms with van der Waals surface area (Å²) in [6.07, 6.45) is 0.606. The first-order valence-corrected chi connectivity index (χ1v) is 10.3. The van der Waals surface area contributed by atoms with Crippen molar-refractivity contribution in [2.24, 2.45) is 0 Å². The molecule has 30 heavy (non-hydrogen) atoms. The third-order valence-electron chi connectivity index (χ3n) is 5.01. The van der Waals surface area contributed by atoms with E-state index in [4.69, 9.17) is 4.74 Å². The Labute approximate surface area is 176 Å². The zero-order valence-electron chi connectivity index (χ0n) is 16.4. The molecule has 0 bridgehead atoms. The molecule has 10 nitrogen and oxygen atoms in total. The van der Waals surface area contributed by atoms with Crippen molar-refractivity contribution in [3.63, 3.8) is 0 Å². The summed E-state index contributed by atoms with van der Waals surface area (Å²) in [5.41, 5.74) is 1.98. The lowest BCUT2D eigenvalue weighted by atomic mass is 10.1. The number of fused-ring (bicyclic) bond motifs is 1. The van der Waals surface area contributed by atoms with E-state index in [1.807, 2.05) is 24.3 Å². The van der Waals surface area contributed by atoms with Crippen LogP contribution < -0.4 is 15.4 Å². The maximum atomic E-state index is 12.0. The first-order chi connectivity index (χ1) is 14.5. The molecule has 4 N–H and O–H groups in total. The third-order valence-corrected chi connectivity index (χ3v) is 6.59. The third kappa shape index (κ3) is 3.55. The van der Waals surface area contributed by atoms with Crippen molar-refractivity contribution in [2.45, 2.75) is 29.4 Å². The SMILES string of the molecule is CNC(=O)[C@H]1S[C@@H](n2cnc3c(NCc4ccccc4OC)ncnc32)C(O)C1O. The van der Waals surface area contributed by atoms with Crippen LogP contribution >= 0.6 is 11.8 Å². The number of ether oxygens (including phenoxy) is 1. The van der Waals surface area contributed by atoms with Crippen molar-refractivity contribution >= 4 is 34.7 Å². The van der Waals surface area contributed by atoms with E-state index in [0.29, 0.717) is 23.5 Å². The fraction of sp³-hybridized carbons (Fsp3) is 0.368. The summed E-state index contributed by atoms with van der Waals surface area (Å²) in [6, 6.07) is 7.66. The number of aliphatic hydroxyl groups excluding tert-OH is 2. The van der Waals surface area contributed by atoms with E-state index in [1.165, 1.54) is 31.5 Å². The number of methoxy groups -OCH3 is 1. The summed E-state index contributed by atoms with van der Waals surface area (Å²) in [6.45, 7) is 0.473. The van der Waals surface area contributed by atoms with Crippen LogP contribution in [0.3, 0.4) is 0 Å². The number of para-hydroxylation sites is 1. The summed E-state index contributed by atoms with van der Waals surface area (Å²) in [4.78, 5) is 25.0. The number of benzene rings is 1. The van der Waals surface area contributed by atoms with Crippen LogP contribution in [0.5, 0.6) is 5.75 Å². The minimum Gasteiger partial charge on any atom is -0.496 e. The normalized spacial score (nSPS) is 23.5. The number of amides is 1. The molecule has 1 aliphatic heterocycles. The number of hydrogen-bond donors (Lipinski definition) is 4. The lowest BCUT2D eigenvalue weighted by molar-refractivity contribution is -0.122. The van der Waals surface area contributed by atoms with Gasteiger partial charge in [0.15, 0.2) is 11.5 Å². The molecule has 4 rings (SSSR count). The maximum Gasteiger partial charge on any atom is 0.235 e. The van der Waals surface area contributed by atoms with Gasteiger partial charge in [0, 0.05) is 19.2 Å². The molecule has 2 aromatic heterocycles. The maximum absolute atomic E-state index is 12.0. The fourth-order valence-corrected chi connectivity index (χ4v) is 4.91. The molecule has 158 valence electrons. The molecule has 3 aromatic rings. The van der Waals surface area contributed by atoms with Crippen molar-refractivity contribution in [1.29, 1.82) is 0 Å². The molecule has 1 aliphatic rings. The summed E-state index contributed by atoms with van der Waals surface area (Å²) in [5, 5.41) is 25.2. The van der Waals surface area contributed by atoms with Gasteiger partial charge in [-0.25, -0.2) is 15.0 Å². The van der Waals surface area contributed by atoms with Gasteiger partial charge in [0.25, 0.3) is 0 Å². The first kappa shape index (κ1) is 20.4. The van der Waals surface area contributed by atoms with Crippen molar-refractivity contribution in [2.75, 3.05) is 19.5 Å². The number of rotatable bonds is 6. The molecule has 0 saturated carbocycles. The highest BCUT2D eigenvalue weighted by atomic mass is 32.2. The van der Waals surface area contributed by atoms with Gasteiger partial charge >= 0.3 is 0 Å². The number of thioether (sulfide) groups is 1. The predicted octanol–water partition coefficient (Wildman–Crippen LogP) is 0.529. The molecular weight excluding hydrogens is 408 g/mol. The molecule has 1 aromatic carbocycles. The Kier molecular flexibility index (Phi) is 5.75. The van der Waals surface area contributed by atoms with Gasteiger partial charge in [0.2, 0.25) is 5.91 Å². The number of nitrogens with zero attached hydrogens (tertiary/aromatic N) is 4. The van der Waals surface area contributed by atoms with Gasteiger partial charge in [0.1, 0.15) is 40.4 Å². The standard InChI is InChI=1S/C19H22N6O4S/c1-20-18(28)15-13(26)14(27)19(30-15)25-9-24-12-16(22-8-23-17(12)25)21-7-10-5-3-4-6-11(10)29-2/h3-6,8-9,13-15,19,26-27H,7H2,1-2H3,(H,20,28)(H,21,22,23)/t13?,14?,15-,19+/m0/s1. The van der Waals surface area contributed by atoms with E-state index < -0.39 is 22.8 Å². The molecule has 3 heterocycles. The number of anilines is 1. The van der Waals surface area contributed by atoms with Crippen molar-refractivity contribution in [1.82, 2.24) is 24.8 Å². The van der Waals surface area contributed by atoms with E-state index in [1.54, 1.807) is 11.7 Å². The van der Waals surface area contributed by atoms with Crippen LogP contribution in [0.15, 0.2) is 36.9 Å². The number of aliphatic hydroxyl groups is 2. The van der Waals surface area contributed by atoms with Crippen LogP contribution in [0.25, 0.3) is 11.2 Å². The second-order valence-corrected chi connectivity index (χ2v) is 8.02. The number of carbonyl (C=O) groups is 1. The number of aromatic nitrogens is 4. The van der Waals surface area contributed by atoms with Gasteiger partial charge < -0.3 is 25.6 Å². The fourth-order valence-electron chi connectivity index (χ4n) is 3.44. The quantitative estimate of drug-likeness (QED) is 0.442. The van der Waals surface area contributed by atoms with Gasteiger partial charge in [-0.05, 0) is 6.07 Å². The van der Waals surface area contributed by atoms with E-state index in [-0.39, 0.29) is 5.91 Å². The Morgan fingerprint density at radius 3 is 2.80 bits per heavy atom. The van der Waals surface area contributed by atoms with Crippen LogP contribution in [0, 0.1) is 0 Å². The highest BCUT2D eigenvalue weighted by Gasteiger charge is 2.47. The number of carbonyl (C=O) groups excluding carboxylic acids is 1. The van der Waals surface area contributed by atoms with Gasteiger partial charge in [-0.15, -0.1) is 11.8 Å². The van der Waals surface area contributed by atoms with Crippen LogP contribution in [0.1, 0.15) is 10.9 Å². The van der Waals surface area contributed by atoms with E-state index >= 15 is 0 Å². The Hall–Kier alpha value is -2.89. The van der Waals surface area contributed by atoms with E-state index in [0.717, 1.165) is 11.3 Å². The second-order valence-electron chi connectivity index (χ2n) is 6.75. The number of imidazole rings is 1. The average Bonchev–Trinajstić information content (AvgIpc) is 3.33. The molecule has 1 amide bonds. The van der Waals surface area contributed by atoms with Gasteiger partial charge in [-0.1, -0.05) is 18.2 Å². The first-order valence-electron chi connectivity index (χ1n) is 9.31. The number of hydrogen-bond acceptors (Lipinski definition) is 9. The zero-order chi connectivity index (χ0) is 21.3. The molecule has 1 fully saturated rings. The smallest absolute Gasteiger partial charge is 0.235 e. The van der Waals surface area contributed by atoms with Gasteiger partial charge in [0.05, 0.1) is 13.4 Å². The highest BCUT2D eigenvalue weighted by molar-refractivity contribution is 8.01. The second kappa shape index (κ2) is 8.46. The molecule has 0 spiro atoms. The van der Waals surface area contributed by atoms with E-state index in [9.17, 15) is 15.0 Å². The Morgan fingerprint density at radius 2 is 2.03 bits per heavy atom. The Balaban J connectivity index is 1.60. The molecule has 11 heteroatoms. The minimum atomic E-state index is -1.19.